The SMILES string of the molecule is C=CCC/C=C/CC(=N)c1nccn1C=C.CBr. The first kappa shape index (κ1) is 16.6. The summed E-state index contributed by atoms with van der Waals surface area (Å²) in [6.45, 7) is 7.32. The molecule has 1 rings (SSSR count). The van der Waals surface area contributed by atoms with E-state index >= 15 is 0 Å². The summed E-state index contributed by atoms with van der Waals surface area (Å²) in [4.78, 5) is 4.12. The van der Waals surface area contributed by atoms with Crippen molar-refractivity contribution in [2.45, 2.75) is 19.3 Å². The number of unbranched alkanes of at least 4 members (excludes halogenated alkanes) is 1. The minimum atomic E-state index is 0.500. The summed E-state index contributed by atoms with van der Waals surface area (Å²) in [6.07, 6.45) is 13.6. The van der Waals surface area contributed by atoms with Crippen LogP contribution >= 0.6 is 15.9 Å². The topological polar surface area (TPSA) is 41.7 Å². The summed E-state index contributed by atoms with van der Waals surface area (Å²) in [5.74, 6) is 2.47. The molecule has 18 heavy (non-hydrogen) atoms. The van der Waals surface area contributed by atoms with E-state index in [9.17, 15) is 0 Å². The molecule has 3 nitrogen and oxygen atoms in total. The molecule has 0 aromatic carbocycles. The second kappa shape index (κ2) is 10.7. The van der Waals surface area contributed by atoms with Crippen molar-refractivity contribution in [1.29, 1.82) is 5.41 Å². The van der Waals surface area contributed by atoms with E-state index in [1.54, 1.807) is 23.2 Å². The van der Waals surface area contributed by atoms with Gasteiger partial charge in [0.2, 0.25) is 0 Å². The molecule has 0 aliphatic heterocycles. The van der Waals surface area contributed by atoms with Crippen LogP contribution in [0.25, 0.3) is 6.20 Å². The van der Waals surface area contributed by atoms with Crippen LogP contribution in [0.2, 0.25) is 0 Å². The van der Waals surface area contributed by atoms with Gasteiger partial charge in [-0.2, -0.15) is 0 Å². The molecule has 0 amide bonds. The van der Waals surface area contributed by atoms with Crippen LogP contribution in [-0.4, -0.2) is 21.1 Å². The Labute approximate surface area is 118 Å². The standard InChI is InChI=1S/C13H17N3.CH3Br/c1-3-5-6-7-8-9-12(14)13-15-10-11-16(13)4-2;1-2/h3-4,7-8,10-11,14H,1-2,5-6,9H2;1H3/b8-7+,14-12?;. The molecule has 0 aliphatic carbocycles. The molecular formula is C14H20BrN3. The number of nitrogens with one attached hydrogen (secondary N) is 1. The lowest BCUT2D eigenvalue weighted by molar-refractivity contribution is 1.04. The molecule has 1 aromatic rings. The molecule has 0 atom stereocenters. The Kier molecular flexibility index (Phi) is 9.87. The number of imidazole rings is 1. The van der Waals surface area contributed by atoms with Crippen molar-refractivity contribution in [2.24, 2.45) is 0 Å². The number of nitrogens with zero attached hydrogens (tertiary/aromatic N) is 2. The fourth-order valence-corrected chi connectivity index (χ4v) is 1.32. The molecule has 0 spiro atoms. The highest BCUT2D eigenvalue weighted by Gasteiger charge is 2.04. The molecule has 0 unspecified atom stereocenters. The Balaban J connectivity index is 0.00000137. The van der Waals surface area contributed by atoms with Gasteiger partial charge >= 0.3 is 0 Å². The van der Waals surface area contributed by atoms with Gasteiger partial charge in [0.25, 0.3) is 0 Å². The van der Waals surface area contributed by atoms with Crippen LogP contribution in [0.1, 0.15) is 25.1 Å². The Morgan fingerprint density at radius 1 is 1.39 bits per heavy atom. The predicted molar refractivity (Wildman–Crippen MR) is 83.5 cm³/mol. The summed E-state index contributed by atoms with van der Waals surface area (Å²) in [7, 11) is 0. The number of aromatic nitrogens is 2. The molecule has 0 fully saturated rings. The van der Waals surface area contributed by atoms with E-state index in [2.05, 4.69) is 40.1 Å². The van der Waals surface area contributed by atoms with Crippen molar-refractivity contribution < 1.29 is 0 Å². The van der Waals surface area contributed by atoms with Crippen molar-refractivity contribution in [3.63, 3.8) is 0 Å². The highest BCUT2D eigenvalue weighted by molar-refractivity contribution is 9.08. The second-order valence-electron chi connectivity index (χ2n) is 3.36. The maximum atomic E-state index is 7.87. The lowest BCUT2D eigenvalue weighted by Crippen LogP contribution is -2.04. The van der Waals surface area contributed by atoms with Gasteiger partial charge in [0.05, 0.1) is 5.71 Å². The second-order valence-corrected chi connectivity index (χ2v) is 3.36. The van der Waals surface area contributed by atoms with E-state index in [4.69, 9.17) is 5.41 Å². The van der Waals surface area contributed by atoms with Crippen molar-refractivity contribution in [1.82, 2.24) is 9.55 Å². The highest BCUT2D eigenvalue weighted by Crippen LogP contribution is 2.03. The average molecular weight is 310 g/mol. The van der Waals surface area contributed by atoms with Gasteiger partial charge in [-0.05, 0) is 18.7 Å². The number of rotatable bonds is 7. The molecule has 1 N–H and O–H groups in total. The summed E-state index contributed by atoms with van der Waals surface area (Å²) in [5, 5.41) is 7.87. The first-order chi connectivity index (χ1) is 8.79. The van der Waals surface area contributed by atoms with Gasteiger partial charge in [-0.15, -0.1) is 6.58 Å². The maximum absolute atomic E-state index is 7.87. The smallest absolute Gasteiger partial charge is 0.158 e. The fraction of sp³-hybridized carbons (Fsp3) is 0.286. The number of halogens is 1. The van der Waals surface area contributed by atoms with Gasteiger partial charge in [0.1, 0.15) is 0 Å². The average Bonchev–Trinajstić information content (AvgIpc) is 2.89. The predicted octanol–water partition coefficient (Wildman–Crippen LogP) is 4.28. The van der Waals surface area contributed by atoms with Crippen molar-refractivity contribution >= 4 is 27.8 Å². The molecule has 1 aromatic heterocycles. The van der Waals surface area contributed by atoms with Crippen LogP contribution in [0.4, 0.5) is 0 Å². The number of allylic oxidation sites excluding steroid dienone is 3. The van der Waals surface area contributed by atoms with Gasteiger partial charge in [-0.3, -0.25) is 0 Å². The van der Waals surface area contributed by atoms with E-state index in [1.807, 2.05) is 18.0 Å². The maximum Gasteiger partial charge on any atom is 0.158 e. The van der Waals surface area contributed by atoms with Crippen LogP contribution < -0.4 is 0 Å². The van der Waals surface area contributed by atoms with Gasteiger partial charge in [0.15, 0.2) is 5.82 Å². The van der Waals surface area contributed by atoms with Crippen LogP contribution in [-0.2, 0) is 0 Å². The Bertz CT molecular complexity index is 405. The quantitative estimate of drug-likeness (QED) is 0.347. The van der Waals surface area contributed by atoms with Gasteiger partial charge < -0.3 is 9.98 Å². The monoisotopic (exact) mass is 309 g/mol. The number of alkyl halides is 1. The molecule has 1 heterocycles. The van der Waals surface area contributed by atoms with Crippen LogP contribution in [0.3, 0.4) is 0 Å². The van der Waals surface area contributed by atoms with Crippen LogP contribution in [0, 0.1) is 5.41 Å². The molecular weight excluding hydrogens is 290 g/mol. The minimum absolute atomic E-state index is 0.500. The summed E-state index contributed by atoms with van der Waals surface area (Å²) < 4.78 is 1.75. The number of hydrogen-bond acceptors (Lipinski definition) is 2. The van der Waals surface area contributed by atoms with E-state index < -0.39 is 0 Å². The molecule has 0 aliphatic rings. The zero-order valence-corrected chi connectivity index (χ0v) is 12.4. The van der Waals surface area contributed by atoms with Gasteiger partial charge in [-0.1, -0.05) is 40.7 Å². The largest absolute Gasteiger partial charge is 0.306 e. The van der Waals surface area contributed by atoms with E-state index in [0.717, 1.165) is 12.8 Å². The third kappa shape index (κ3) is 5.77. The molecule has 98 valence electrons. The zero-order valence-electron chi connectivity index (χ0n) is 10.8. The summed E-state index contributed by atoms with van der Waals surface area (Å²) in [5.41, 5.74) is 0.500. The van der Waals surface area contributed by atoms with E-state index in [1.165, 1.54) is 0 Å². The van der Waals surface area contributed by atoms with Crippen molar-refractivity contribution in [3.05, 3.63) is 49.6 Å². The lowest BCUT2D eigenvalue weighted by Gasteiger charge is -2.01. The molecule has 0 radical (unpaired) electrons. The highest BCUT2D eigenvalue weighted by atomic mass is 79.9. The first-order valence-corrected chi connectivity index (χ1v) is 7.25. The fourth-order valence-electron chi connectivity index (χ4n) is 1.32. The van der Waals surface area contributed by atoms with E-state index in [-0.39, 0.29) is 0 Å². The third-order valence-corrected chi connectivity index (χ3v) is 2.16. The van der Waals surface area contributed by atoms with Crippen molar-refractivity contribution in [3.8, 4) is 0 Å². The van der Waals surface area contributed by atoms with Crippen LogP contribution in [0.5, 0.6) is 0 Å². The zero-order chi connectivity index (χ0) is 13.8. The molecule has 0 saturated heterocycles. The molecule has 0 saturated carbocycles. The van der Waals surface area contributed by atoms with Gasteiger partial charge in [-0.25, -0.2) is 4.98 Å². The van der Waals surface area contributed by atoms with Crippen LogP contribution in [0.15, 0.2) is 43.8 Å². The lowest BCUT2D eigenvalue weighted by atomic mass is 10.2. The summed E-state index contributed by atoms with van der Waals surface area (Å²) >= 11 is 2.94. The Morgan fingerprint density at radius 3 is 2.72 bits per heavy atom. The third-order valence-electron chi connectivity index (χ3n) is 2.16. The number of hydrogen-bond donors (Lipinski definition) is 1. The molecule has 0 bridgehead atoms. The Hall–Kier alpha value is -1.42. The normalized spacial score (nSPS) is 9.67. The summed E-state index contributed by atoms with van der Waals surface area (Å²) in [6, 6.07) is 0. The first-order valence-electron chi connectivity index (χ1n) is 5.66. The van der Waals surface area contributed by atoms with Crippen molar-refractivity contribution in [2.75, 3.05) is 5.83 Å². The molecule has 4 heteroatoms. The Morgan fingerprint density at radius 2 is 2.11 bits per heavy atom. The van der Waals surface area contributed by atoms with E-state index in [0.29, 0.717) is 18.0 Å². The minimum Gasteiger partial charge on any atom is -0.306 e. The van der Waals surface area contributed by atoms with Gasteiger partial charge in [0, 0.05) is 25.0 Å².